The first-order chi connectivity index (χ1) is 10.7. The smallest absolute Gasteiger partial charge is 0.235 e. The summed E-state index contributed by atoms with van der Waals surface area (Å²) < 4.78 is 1.63. The van der Waals surface area contributed by atoms with Crippen LogP contribution in [-0.4, -0.2) is 29.8 Å². The van der Waals surface area contributed by atoms with Crippen LogP contribution in [0, 0.1) is 0 Å². The number of hydrogen-bond donors (Lipinski definition) is 0. The van der Waals surface area contributed by atoms with Crippen molar-refractivity contribution in [2.75, 3.05) is 0 Å². The van der Waals surface area contributed by atoms with Crippen molar-refractivity contribution >= 4 is 39.5 Å². The largest absolute Gasteiger partial charge is 0.261 e. The molecule has 4 aromatic rings. The number of benzene rings is 1. The standard InChI is InChI=1S/C13H6Cl2N6S/c14-8-3-1-2-7(10(8)15)12-20-21-11(18-19-13(21)22-12)9-6-16-4-5-17-9/h1-6H. The topological polar surface area (TPSA) is 68.9 Å². The minimum Gasteiger partial charge on any atom is -0.261 e. The van der Waals surface area contributed by atoms with Gasteiger partial charge in [0.05, 0.1) is 16.2 Å². The fraction of sp³-hybridized carbons (Fsp3) is 0. The zero-order valence-corrected chi connectivity index (χ0v) is 13.1. The summed E-state index contributed by atoms with van der Waals surface area (Å²) >= 11 is 13.7. The third-order valence-corrected chi connectivity index (χ3v) is 4.72. The van der Waals surface area contributed by atoms with Crippen molar-refractivity contribution in [3.8, 4) is 22.1 Å². The van der Waals surface area contributed by atoms with Crippen LogP contribution < -0.4 is 0 Å². The first-order valence-corrected chi connectivity index (χ1v) is 7.74. The minimum absolute atomic E-state index is 0.468. The van der Waals surface area contributed by atoms with E-state index in [2.05, 4.69) is 25.3 Å². The molecular weight excluding hydrogens is 343 g/mol. The summed E-state index contributed by atoms with van der Waals surface area (Å²) in [6.07, 6.45) is 4.80. The Kier molecular flexibility index (Phi) is 3.25. The van der Waals surface area contributed by atoms with Gasteiger partial charge in [-0.05, 0) is 6.07 Å². The van der Waals surface area contributed by atoms with Crippen LogP contribution in [0.25, 0.3) is 27.1 Å². The molecule has 108 valence electrons. The van der Waals surface area contributed by atoms with Crippen LogP contribution in [0.4, 0.5) is 0 Å². The van der Waals surface area contributed by atoms with Gasteiger partial charge in [0.25, 0.3) is 0 Å². The highest BCUT2D eigenvalue weighted by Crippen LogP contribution is 2.35. The zero-order chi connectivity index (χ0) is 15.1. The molecule has 6 nitrogen and oxygen atoms in total. The summed E-state index contributed by atoms with van der Waals surface area (Å²) in [7, 11) is 0. The van der Waals surface area contributed by atoms with E-state index in [1.165, 1.54) is 11.3 Å². The SMILES string of the molecule is Clc1cccc(-c2nn3c(-c4cnccn4)nnc3s2)c1Cl. The molecule has 0 fully saturated rings. The van der Waals surface area contributed by atoms with Gasteiger partial charge in [0.1, 0.15) is 10.7 Å². The maximum Gasteiger partial charge on any atom is 0.235 e. The van der Waals surface area contributed by atoms with Crippen LogP contribution in [-0.2, 0) is 0 Å². The lowest BCUT2D eigenvalue weighted by Crippen LogP contribution is -1.93. The molecule has 0 aliphatic heterocycles. The third kappa shape index (κ3) is 2.14. The number of fused-ring (bicyclic) bond motifs is 1. The summed E-state index contributed by atoms with van der Waals surface area (Å²) in [5, 5.41) is 14.4. The average Bonchev–Trinajstić information content (AvgIpc) is 3.11. The maximum absolute atomic E-state index is 6.25. The molecule has 3 aromatic heterocycles. The van der Waals surface area contributed by atoms with Crippen molar-refractivity contribution in [1.82, 2.24) is 29.8 Å². The van der Waals surface area contributed by atoms with Crippen molar-refractivity contribution in [3.63, 3.8) is 0 Å². The van der Waals surface area contributed by atoms with E-state index < -0.39 is 0 Å². The summed E-state index contributed by atoms with van der Waals surface area (Å²) in [6.45, 7) is 0. The predicted molar refractivity (Wildman–Crippen MR) is 85.1 cm³/mol. The molecule has 3 heterocycles. The van der Waals surface area contributed by atoms with Gasteiger partial charge >= 0.3 is 0 Å². The molecule has 0 amide bonds. The van der Waals surface area contributed by atoms with E-state index in [0.29, 0.717) is 31.5 Å². The second-order valence-electron chi connectivity index (χ2n) is 4.32. The highest BCUT2D eigenvalue weighted by Gasteiger charge is 2.17. The molecule has 22 heavy (non-hydrogen) atoms. The molecule has 0 unspecified atom stereocenters. The van der Waals surface area contributed by atoms with Crippen LogP contribution in [0.3, 0.4) is 0 Å². The average molecular weight is 349 g/mol. The third-order valence-electron chi connectivity index (χ3n) is 2.97. The summed E-state index contributed by atoms with van der Waals surface area (Å²) in [6, 6.07) is 5.43. The number of nitrogens with zero attached hydrogens (tertiary/aromatic N) is 6. The maximum atomic E-state index is 6.25. The second kappa shape index (κ2) is 5.28. The van der Waals surface area contributed by atoms with Gasteiger partial charge in [0, 0.05) is 18.0 Å². The summed E-state index contributed by atoms with van der Waals surface area (Å²) in [5.74, 6) is 0.531. The number of hydrogen-bond acceptors (Lipinski definition) is 6. The zero-order valence-electron chi connectivity index (χ0n) is 10.8. The van der Waals surface area contributed by atoms with E-state index in [9.17, 15) is 0 Å². The van der Waals surface area contributed by atoms with Gasteiger partial charge in [-0.25, -0.2) is 4.98 Å². The first-order valence-electron chi connectivity index (χ1n) is 6.17. The molecule has 0 bridgehead atoms. The molecule has 0 radical (unpaired) electrons. The molecule has 0 aliphatic rings. The van der Waals surface area contributed by atoms with Gasteiger partial charge in [0.2, 0.25) is 10.8 Å². The summed E-state index contributed by atoms with van der Waals surface area (Å²) in [4.78, 5) is 8.89. The van der Waals surface area contributed by atoms with Crippen LogP contribution in [0.15, 0.2) is 36.8 Å². The van der Waals surface area contributed by atoms with E-state index in [1.807, 2.05) is 12.1 Å². The number of rotatable bonds is 2. The fourth-order valence-electron chi connectivity index (χ4n) is 1.97. The van der Waals surface area contributed by atoms with Crippen molar-refractivity contribution in [2.45, 2.75) is 0 Å². The molecular formula is C13H6Cl2N6S. The Balaban J connectivity index is 1.89. The van der Waals surface area contributed by atoms with E-state index in [1.54, 1.807) is 29.2 Å². The van der Waals surface area contributed by atoms with Crippen molar-refractivity contribution in [3.05, 3.63) is 46.8 Å². The summed E-state index contributed by atoms with van der Waals surface area (Å²) in [5.41, 5.74) is 1.36. The van der Waals surface area contributed by atoms with Gasteiger partial charge in [0.15, 0.2) is 0 Å². The molecule has 0 atom stereocenters. The molecule has 0 saturated carbocycles. The monoisotopic (exact) mass is 348 g/mol. The fourth-order valence-corrected chi connectivity index (χ4v) is 3.29. The highest BCUT2D eigenvalue weighted by molar-refractivity contribution is 7.19. The van der Waals surface area contributed by atoms with E-state index in [0.717, 1.165) is 5.56 Å². The molecule has 4 rings (SSSR count). The van der Waals surface area contributed by atoms with Crippen molar-refractivity contribution in [1.29, 1.82) is 0 Å². The Morgan fingerprint density at radius 1 is 1.09 bits per heavy atom. The highest BCUT2D eigenvalue weighted by atomic mass is 35.5. The van der Waals surface area contributed by atoms with Gasteiger partial charge in [-0.1, -0.05) is 46.7 Å². The van der Waals surface area contributed by atoms with E-state index in [-0.39, 0.29) is 0 Å². The molecule has 1 aromatic carbocycles. The Morgan fingerprint density at radius 3 is 2.82 bits per heavy atom. The molecule has 0 spiro atoms. The number of aromatic nitrogens is 6. The van der Waals surface area contributed by atoms with Gasteiger partial charge < -0.3 is 0 Å². The van der Waals surface area contributed by atoms with Crippen molar-refractivity contribution in [2.24, 2.45) is 0 Å². The molecule has 9 heteroatoms. The predicted octanol–water partition coefficient (Wildman–Crippen LogP) is 3.62. The lowest BCUT2D eigenvalue weighted by Gasteiger charge is -2.00. The van der Waals surface area contributed by atoms with Gasteiger partial charge in [-0.15, -0.1) is 10.2 Å². The lowest BCUT2D eigenvalue weighted by atomic mass is 10.2. The second-order valence-corrected chi connectivity index (χ2v) is 6.06. The molecule has 0 aliphatic carbocycles. The lowest BCUT2D eigenvalue weighted by molar-refractivity contribution is 0.957. The Morgan fingerprint density at radius 2 is 2.00 bits per heavy atom. The van der Waals surface area contributed by atoms with E-state index >= 15 is 0 Å². The Labute approximate surface area is 138 Å². The molecule has 0 saturated heterocycles. The van der Waals surface area contributed by atoms with Crippen LogP contribution in [0.2, 0.25) is 10.0 Å². The number of halogens is 2. The molecule has 0 N–H and O–H groups in total. The Bertz CT molecular complexity index is 965. The van der Waals surface area contributed by atoms with Gasteiger partial charge in [-0.3, -0.25) is 4.98 Å². The van der Waals surface area contributed by atoms with Crippen LogP contribution in [0.5, 0.6) is 0 Å². The normalized spacial score (nSPS) is 11.2. The van der Waals surface area contributed by atoms with Crippen molar-refractivity contribution < 1.29 is 0 Å². The van der Waals surface area contributed by atoms with Crippen LogP contribution in [0.1, 0.15) is 0 Å². The Hall–Kier alpha value is -2.09. The van der Waals surface area contributed by atoms with E-state index in [4.69, 9.17) is 23.2 Å². The first kappa shape index (κ1) is 13.6. The minimum atomic E-state index is 0.468. The van der Waals surface area contributed by atoms with Gasteiger partial charge in [-0.2, -0.15) is 9.61 Å². The quantitative estimate of drug-likeness (QED) is 0.553. The van der Waals surface area contributed by atoms with Crippen LogP contribution >= 0.6 is 34.5 Å².